The van der Waals surface area contributed by atoms with E-state index in [4.69, 9.17) is 9.47 Å². The Kier molecular flexibility index (Phi) is 4.65. The van der Waals surface area contributed by atoms with Crippen molar-refractivity contribution in [2.45, 2.75) is 39.5 Å². The van der Waals surface area contributed by atoms with E-state index < -0.39 is 11.9 Å². The zero-order valence-electron chi connectivity index (χ0n) is 15.9. The monoisotopic (exact) mass is 355 g/mol. The van der Waals surface area contributed by atoms with Crippen molar-refractivity contribution < 1.29 is 19.1 Å². The Morgan fingerprint density at radius 2 is 1.81 bits per heavy atom. The Morgan fingerprint density at radius 3 is 2.38 bits per heavy atom. The Balaban J connectivity index is 2.17. The van der Waals surface area contributed by atoms with Crippen molar-refractivity contribution in [2.24, 2.45) is 5.41 Å². The molecule has 1 heterocycles. The summed E-state index contributed by atoms with van der Waals surface area (Å²) in [7, 11) is 2.97. The van der Waals surface area contributed by atoms with Gasteiger partial charge in [0.15, 0.2) is 5.78 Å². The molecular weight excluding hydrogens is 330 g/mol. The van der Waals surface area contributed by atoms with Crippen molar-refractivity contribution >= 4 is 11.8 Å². The maximum atomic E-state index is 13.0. The molecule has 0 unspecified atom stereocenters. The number of benzene rings is 1. The molecule has 3 rings (SSSR count). The molecule has 0 saturated heterocycles. The summed E-state index contributed by atoms with van der Waals surface area (Å²) in [5.74, 6) is -0.0278. The molecule has 1 aliphatic carbocycles. The molecule has 5 nitrogen and oxygen atoms in total. The maximum Gasteiger partial charge on any atom is 0.336 e. The molecule has 1 aromatic rings. The van der Waals surface area contributed by atoms with Crippen LogP contribution in [0, 0.1) is 5.41 Å². The summed E-state index contributed by atoms with van der Waals surface area (Å²) in [6, 6.07) is 7.50. The molecule has 1 aliphatic heterocycles. The molecule has 0 saturated carbocycles. The van der Waals surface area contributed by atoms with Gasteiger partial charge in [0.1, 0.15) is 5.75 Å². The Morgan fingerprint density at radius 1 is 1.15 bits per heavy atom. The lowest BCUT2D eigenvalue weighted by molar-refractivity contribution is -0.136. The number of carbonyl (C=O) groups excluding carboxylic acids is 2. The van der Waals surface area contributed by atoms with Crippen molar-refractivity contribution in [3.8, 4) is 5.75 Å². The third-order valence-electron chi connectivity index (χ3n) is 5.09. The molecule has 1 aromatic carbocycles. The van der Waals surface area contributed by atoms with Crippen LogP contribution in [0.25, 0.3) is 0 Å². The quantitative estimate of drug-likeness (QED) is 0.841. The van der Waals surface area contributed by atoms with E-state index in [1.807, 2.05) is 31.2 Å². The van der Waals surface area contributed by atoms with Crippen LogP contribution < -0.4 is 10.1 Å². The van der Waals surface area contributed by atoms with Crippen LogP contribution in [0.3, 0.4) is 0 Å². The van der Waals surface area contributed by atoms with Gasteiger partial charge in [0, 0.05) is 29.3 Å². The van der Waals surface area contributed by atoms with Crippen LogP contribution in [0.15, 0.2) is 46.8 Å². The van der Waals surface area contributed by atoms with Gasteiger partial charge in [-0.1, -0.05) is 26.0 Å². The number of allylic oxidation sites excluding steroid dienone is 3. The van der Waals surface area contributed by atoms with E-state index in [1.54, 1.807) is 7.11 Å². The van der Waals surface area contributed by atoms with Crippen LogP contribution in [0.4, 0.5) is 0 Å². The standard InChI is InChI=1S/C21H25NO4/c1-12-17(20(24)26-5)18(13-6-8-14(25-4)9-7-13)19-15(22-12)10-21(2,3)11-16(19)23/h6-9,18,22H,10-11H2,1-5H3/t18-/m1/s1. The molecule has 0 fully saturated rings. The molecule has 0 aromatic heterocycles. The predicted octanol–water partition coefficient (Wildman–Crippen LogP) is 3.47. The fraction of sp³-hybridized carbons (Fsp3) is 0.429. The van der Waals surface area contributed by atoms with Crippen molar-refractivity contribution in [2.75, 3.05) is 14.2 Å². The summed E-state index contributed by atoms with van der Waals surface area (Å²) in [6.07, 6.45) is 1.24. The summed E-state index contributed by atoms with van der Waals surface area (Å²) in [5, 5.41) is 3.30. The van der Waals surface area contributed by atoms with E-state index in [9.17, 15) is 9.59 Å². The minimum atomic E-state index is -0.423. The zero-order chi connectivity index (χ0) is 19.1. The molecule has 1 atom stereocenters. The Hall–Kier alpha value is -2.56. The number of hydrogen-bond acceptors (Lipinski definition) is 5. The molecule has 5 heteroatoms. The lowest BCUT2D eigenvalue weighted by Crippen LogP contribution is -2.38. The van der Waals surface area contributed by atoms with Gasteiger partial charge in [-0.3, -0.25) is 4.79 Å². The smallest absolute Gasteiger partial charge is 0.336 e. The second-order valence-electron chi connectivity index (χ2n) is 7.69. The van der Waals surface area contributed by atoms with E-state index in [0.717, 1.165) is 29.1 Å². The van der Waals surface area contributed by atoms with E-state index in [0.29, 0.717) is 17.6 Å². The van der Waals surface area contributed by atoms with Gasteiger partial charge in [-0.15, -0.1) is 0 Å². The molecule has 0 amide bonds. The minimum Gasteiger partial charge on any atom is -0.497 e. The highest BCUT2D eigenvalue weighted by molar-refractivity contribution is 6.04. The van der Waals surface area contributed by atoms with Gasteiger partial charge < -0.3 is 14.8 Å². The lowest BCUT2D eigenvalue weighted by Gasteiger charge is -2.39. The van der Waals surface area contributed by atoms with E-state index in [-0.39, 0.29) is 11.2 Å². The van der Waals surface area contributed by atoms with E-state index in [2.05, 4.69) is 19.2 Å². The molecule has 26 heavy (non-hydrogen) atoms. The van der Waals surface area contributed by atoms with Gasteiger partial charge >= 0.3 is 5.97 Å². The molecule has 0 bridgehead atoms. The zero-order valence-corrected chi connectivity index (χ0v) is 15.9. The van der Waals surface area contributed by atoms with Crippen molar-refractivity contribution in [3.63, 3.8) is 0 Å². The largest absolute Gasteiger partial charge is 0.497 e. The average molecular weight is 355 g/mol. The van der Waals surface area contributed by atoms with Gasteiger partial charge in [-0.05, 0) is 36.5 Å². The Bertz CT molecular complexity index is 815. The second kappa shape index (κ2) is 6.63. The highest BCUT2D eigenvalue weighted by Gasteiger charge is 2.42. The normalized spacial score (nSPS) is 21.9. The summed E-state index contributed by atoms with van der Waals surface area (Å²) < 4.78 is 10.3. The molecular formula is C21H25NO4. The molecule has 0 spiro atoms. The maximum absolute atomic E-state index is 13.0. The van der Waals surface area contributed by atoms with Gasteiger partial charge in [0.05, 0.1) is 19.8 Å². The van der Waals surface area contributed by atoms with Crippen LogP contribution in [0.2, 0.25) is 0 Å². The first-order valence-corrected chi connectivity index (χ1v) is 8.73. The number of Topliss-reactive ketones (excluding diaryl/α,β-unsaturated/α-hetero) is 1. The average Bonchev–Trinajstić information content (AvgIpc) is 2.59. The predicted molar refractivity (Wildman–Crippen MR) is 98.6 cm³/mol. The summed E-state index contributed by atoms with van der Waals surface area (Å²) in [6.45, 7) is 6.04. The summed E-state index contributed by atoms with van der Waals surface area (Å²) in [5.41, 5.74) is 3.60. The third-order valence-corrected chi connectivity index (χ3v) is 5.09. The fourth-order valence-electron chi connectivity index (χ4n) is 3.95. The molecule has 138 valence electrons. The molecule has 1 N–H and O–H groups in total. The summed E-state index contributed by atoms with van der Waals surface area (Å²) in [4.78, 5) is 25.5. The van der Waals surface area contributed by atoms with Gasteiger partial charge in [0.25, 0.3) is 0 Å². The lowest BCUT2D eigenvalue weighted by atomic mass is 9.68. The SMILES string of the molecule is COC(=O)C1=C(C)NC2=C(C(=O)CC(C)(C)C2)[C@@H]1c1ccc(OC)cc1. The summed E-state index contributed by atoms with van der Waals surface area (Å²) >= 11 is 0. The number of methoxy groups -OCH3 is 2. The first-order chi connectivity index (χ1) is 12.3. The van der Waals surface area contributed by atoms with Gasteiger partial charge in [-0.2, -0.15) is 0 Å². The van der Waals surface area contributed by atoms with Crippen LogP contribution in [-0.2, 0) is 14.3 Å². The second-order valence-corrected chi connectivity index (χ2v) is 7.69. The van der Waals surface area contributed by atoms with Crippen LogP contribution in [0.1, 0.15) is 45.1 Å². The number of nitrogens with one attached hydrogen (secondary N) is 1. The Labute approximate surface area is 154 Å². The number of dihydropyridines is 1. The first-order valence-electron chi connectivity index (χ1n) is 8.73. The minimum absolute atomic E-state index is 0.0819. The number of carbonyl (C=O) groups is 2. The van der Waals surface area contributed by atoms with Gasteiger partial charge in [-0.25, -0.2) is 4.79 Å². The molecule has 0 radical (unpaired) electrons. The fourth-order valence-corrected chi connectivity index (χ4v) is 3.95. The topological polar surface area (TPSA) is 64.6 Å². The van der Waals surface area contributed by atoms with Crippen molar-refractivity contribution in [3.05, 3.63) is 52.4 Å². The number of rotatable bonds is 3. The van der Waals surface area contributed by atoms with Crippen molar-refractivity contribution in [1.29, 1.82) is 0 Å². The van der Waals surface area contributed by atoms with Crippen LogP contribution >= 0.6 is 0 Å². The van der Waals surface area contributed by atoms with Crippen molar-refractivity contribution in [1.82, 2.24) is 5.32 Å². The van der Waals surface area contributed by atoms with Crippen LogP contribution in [0.5, 0.6) is 5.75 Å². The molecule has 2 aliphatic rings. The first kappa shape index (κ1) is 18.2. The highest BCUT2D eigenvalue weighted by atomic mass is 16.5. The highest BCUT2D eigenvalue weighted by Crippen LogP contribution is 2.46. The third kappa shape index (κ3) is 3.14. The van der Waals surface area contributed by atoms with Crippen LogP contribution in [-0.4, -0.2) is 26.0 Å². The van der Waals surface area contributed by atoms with E-state index >= 15 is 0 Å². The number of esters is 1. The van der Waals surface area contributed by atoms with E-state index in [1.165, 1.54) is 7.11 Å². The number of ether oxygens (including phenoxy) is 2. The van der Waals surface area contributed by atoms with Gasteiger partial charge in [0.2, 0.25) is 0 Å². The number of ketones is 1. The number of hydrogen-bond donors (Lipinski definition) is 1.